The van der Waals surface area contributed by atoms with Gasteiger partial charge >= 0.3 is 0 Å². The van der Waals surface area contributed by atoms with E-state index >= 15 is 0 Å². The lowest BCUT2D eigenvalue weighted by Gasteiger charge is -2.12. The van der Waals surface area contributed by atoms with Gasteiger partial charge in [-0.25, -0.2) is 9.98 Å². The van der Waals surface area contributed by atoms with E-state index in [1.54, 1.807) is 60.8 Å². The lowest BCUT2D eigenvalue weighted by atomic mass is 10.1. The molecule has 0 N–H and O–H groups in total. The highest BCUT2D eigenvalue weighted by Gasteiger charge is 2.32. The molecule has 1 amide bonds. The Morgan fingerprint density at radius 1 is 1.25 bits per heavy atom. The SMILES string of the molecule is C=CCN1C(=O)/C(=C/C=C/c2ccccc2[N+](=O)[O-])S/C1=N/c1ccccn1. The van der Waals surface area contributed by atoms with Crippen LogP contribution in [0.4, 0.5) is 11.5 Å². The average Bonchev–Trinajstić information content (AvgIpc) is 2.98. The number of pyridine rings is 1. The third kappa shape index (κ3) is 4.41. The standard InChI is InChI=1S/C20H16N4O3S/c1-2-14-23-19(25)17(28-20(23)22-18-12-5-6-13-21-18)11-7-9-15-8-3-4-10-16(15)24(26)27/h2-13H,1,14H2/b9-7+,17-11-,22-20+. The molecule has 0 aliphatic carbocycles. The molecule has 0 atom stereocenters. The summed E-state index contributed by atoms with van der Waals surface area (Å²) >= 11 is 1.22. The van der Waals surface area contributed by atoms with E-state index in [0.29, 0.717) is 28.0 Å². The molecule has 1 aliphatic rings. The number of benzene rings is 1. The van der Waals surface area contributed by atoms with Crippen molar-refractivity contribution in [2.75, 3.05) is 6.54 Å². The fourth-order valence-electron chi connectivity index (χ4n) is 2.45. The van der Waals surface area contributed by atoms with Gasteiger partial charge in [0.1, 0.15) is 0 Å². The molecule has 0 unspecified atom stereocenters. The van der Waals surface area contributed by atoms with Gasteiger partial charge in [-0.15, -0.1) is 6.58 Å². The first-order valence-corrected chi connectivity index (χ1v) is 9.14. The van der Waals surface area contributed by atoms with E-state index in [9.17, 15) is 14.9 Å². The van der Waals surface area contributed by atoms with E-state index < -0.39 is 4.92 Å². The van der Waals surface area contributed by atoms with Crippen LogP contribution in [-0.4, -0.2) is 32.4 Å². The Balaban J connectivity index is 1.86. The molecule has 1 aromatic heterocycles. The zero-order chi connectivity index (χ0) is 19.9. The van der Waals surface area contributed by atoms with Crippen molar-refractivity contribution in [2.45, 2.75) is 0 Å². The summed E-state index contributed by atoms with van der Waals surface area (Å²) in [4.78, 5) is 33.9. The Morgan fingerprint density at radius 3 is 2.75 bits per heavy atom. The number of hydrogen-bond donors (Lipinski definition) is 0. The number of hydrogen-bond acceptors (Lipinski definition) is 6. The molecule has 1 fully saturated rings. The normalized spacial score (nSPS) is 17.0. The van der Waals surface area contributed by atoms with Crippen LogP contribution in [0, 0.1) is 10.1 Å². The number of para-hydroxylation sites is 1. The molecule has 1 aliphatic heterocycles. The molecular formula is C20H16N4O3S. The van der Waals surface area contributed by atoms with Crippen LogP contribution in [0.15, 0.2) is 83.4 Å². The molecule has 0 saturated carbocycles. The lowest BCUT2D eigenvalue weighted by Crippen LogP contribution is -2.29. The van der Waals surface area contributed by atoms with Crippen LogP contribution in [0.25, 0.3) is 6.08 Å². The third-order valence-electron chi connectivity index (χ3n) is 3.72. The minimum atomic E-state index is -0.439. The highest BCUT2D eigenvalue weighted by atomic mass is 32.2. The molecule has 8 heteroatoms. The number of amidine groups is 1. The van der Waals surface area contributed by atoms with Gasteiger partial charge in [-0.3, -0.25) is 19.8 Å². The van der Waals surface area contributed by atoms with Gasteiger partial charge in [0.25, 0.3) is 11.6 Å². The molecule has 28 heavy (non-hydrogen) atoms. The number of carbonyl (C=O) groups is 1. The van der Waals surface area contributed by atoms with Crippen LogP contribution >= 0.6 is 11.8 Å². The van der Waals surface area contributed by atoms with Crippen LogP contribution in [-0.2, 0) is 4.79 Å². The van der Waals surface area contributed by atoms with E-state index in [-0.39, 0.29) is 11.6 Å². The molecule has 140 valence electrons. The van der Waals surface area contributed by atoms with Gasteiger partial charge in [0.2, 0.25) is 0 Å². The van der Waals surface area contributed by atoms with E-state index in [0.717, 1.165) is 0 Å². The zero-order valence-electron chi connectivity index (χ0n) is 14.8. The smallest absolute Gasteiger partial charge is 0.276 e. The fraction of sp³-hybridized carbons (Fsp3) is 0.0500. The Morgan fingerprint density at radius 2 is 2.04 bits per heavy atom. The van der Waals surface area contributed by atoms with Crippen LogP contribution < -0.4 is 0 Å². The van der Waals surface area contributed by atoms with E-state index in [4.69, 9.17) is 0 Å². The van der Waals surface area contributed by atoms with Gasteiger partial charge in [-0.2, -0.15) is 0 Å². The zero-order valence-corrected chi connectivity index (χ0v) is 15.6. The van der Waals surface area contributed by atoms with Crippen molar-refractivity contribution in [1.29, 1.82) is 0 Å². The van der Waals surface area contributed by atoms with Crippen molar-refractivity contribution in [3.63, 3.8) is 0 Å². The highest BCUT2D eigenvalue weighted by molar-refractivity contribution is 8.18. The number of nitro benzene ring substituents is 1. The van der Waals surface area contributed by atoms with Crippen molar-refractivity contribution in [3.8, 4) is 0 Å². The predicted molar refractivity (Wildman–Crippen MR) is 111 cm³/mol. The summed E-state index contributed by atoms with van der Waals surface area (Å²) < 4.78 is 0. The molecule has 0 spiro atoms. The van der Waals surface area contributed by atoms with Gasteiger partial charge in [-0.05, 0) is 42.1 Å². The molecule has 3 rings (SSSR count). The number of carbonyl (C=O) groups excluding carboxylic acids is 1. The molecule has 0 radical (unpaired) electrons. The number of rotatable bonds is 6. The maximum Gasteiger partial charge on any atom is 0.276 e. The van der Waals surface area contributed by atoms with Crippen molar-refractivity contribution in [1.82, 2.24) is 9.88 Å². The van der Waals surface area contributed by atoms with Crippen molar-refractivity contribution >= 4 is 40.4 Å². The van der Waals surface area contributed by atoms with E-state index in [1.165, 1.54) is 22.7 Å². The van der Waals surface area contributed by atoms with Crippen molar-refractivity contribution in [3.05, 3.63) is 94.1 Å². The topological polar surface area (TPSA) is 88.7 Å². The maximum atomic E-state index is 12.7. The average molecular weight is 392 g/mol. The summed E-state index contributed by atoms with van der Waals surface area (Å²) in [5.41, 5.74) is 0.471. The van der Waals surface area contributed by atoms with E-state index in [1.807, 2.05) is 6.07 Å². The Kier molecular flexibility index (Phi) is 6.13. The molecule has 1 saturated heterocycles. The fourth-order valence-corrected chi connectivity index (χ4v) is 3.39. The van der Waals surface area contributed by atoms with Crippen LogP contribution in [0.3, 0.4) is 0 Å². The van der Waals surface area contributed by atoms with Crippen LogP contribution in [0.5, 0.6) is 0 Å². The lowest BCUT2D eigenvalue weighted by molar-refractivity contribution is -0.385. The second-order valence-electron chi connectivity index (χ2n) is 5.59. The minimum absolute atomic E-state index is 0.00763. The molecular weight excluding hydrogens is 376 g/mol. The van der Waals surface area contributed by atoms with Crippen molar-refractivity contribution < 1.29 is 9.72 Å². The van der Waals surface area contributed by atoms with Gasteiger partial charge in [0, 0.05) is 18.8 Å². The number of aliphatic imine (C=N–C) groups is 1. The predicted octanol–water partition coefficient (Wildman–Crippen LogP) is 4.34. The van der Waals surface area contributed by atoms with Gasteiger partial charge in [-0.1, -0.05) is 30.4 Å². The third-order valence-corrected chi connectivity index (χ3v) is 4.74. The quantitative estimate of drug-likeness (QED) is 0.316. The molecule has 7 nitrogen and oxygen atoms in total. The Bertz CT molecular complexity index is 1000. The van der Waals surface area contributed by atoms with Gasteiger partial charge in [0.15, 0.2) is 11.0 Å². The number of nitro groups is 1. The summed E-state index contributed by atoms with van der Waals surface area (Å²) in [5.74, 6) is 0.301. The van der Waals surface area contributed by atoms with Crippen molar-refractivity contribution in [2.24, 2.45) is 4.99 Å². The molecule has 2 aromatic rings. The number of aromatic nitrogens is 1. The molecule has 1 aromatic carbocycles. The number of nitrogens with zero attached hydrogens (tertiary/aromatic N) is 4. The molecule has 0 bridgehead atoms. The largest absolute Gasteiger partial charge is 0.282 e. The summed E-state index contributed by atoms with van der Waals surface area (Å²) in [6, 6.07) is 11.8. The molecule has 2 heterocycles. The second-order valence-corrected chi connectivity index (χ2v) is 6.60. The first-order chi connectivity index (χ1) is 13.6. The number of amides is 1. The number of allylic oxidation sites excluding steroid dienone is 2. The van der Waals surface area contributed by atoms with Crippen LogP contribution in [0.1, 0.15) is 5.56 Å². The monoisotopic (exact) mass is 392 g/mol. The minimum Gasteiger partial charge on any atom is -0.282 e. The summed E-state index contributed by atoms with van der Waals surface area (Å²) in [7, 11) is 0. The van der Waals surface area contributed by atoms with Crippen LogP contribution in [0.2, 0.25) is 0 Å². The van der Waals surface area contributed by atoms with E-state index in [2.05, 4.69) is 16.6 Å². The Hall–Kier alpha value is -3.52. The summed E-state index contributed by atoms with van der Waals surface area (Å²) in [6.07, 6.45) is 8.10. The summed E-state index contributed by atoms with van der Waals surface area (Å²) in [6.45, 7) is 4.00. The first-order valence-electron chi connectivity index (χ1n) is 8.32. The highest BCUT2D eigenvalue weighted by Crippen LogP contribution is 2.32. The maximum absolute atomic E-state index is 12.7. The Labute approximate surface area is 166 Å². The first kappa shape index (κ1) is 19.2. The van der Waals surface area contributed by atoms with Gasteiger partial charge in [0.05, 0.1) is 15.4 Å². The second kappa shape index (κ2) is 8.92. The number of thioether (sulfide) groups is 1. The summed E-state index contributed by atoms with van der Waals surface area (Å²) in [5, 5.41) is 11.6. The van der Waals surface area contributed by atoms with Gasteiger partial charge < -0.3 is 0 Å².